The number of hydrogen-bond donors (Lipinski definition) is 1. The summed E-state index contributed by atoms with van der Waals surface area (Å²) in [5.41, 5.74) is -0.116. The van der Waals surface area contributed by atoms with Gasteiger partial charge in [-0.15, -0.1) is 11.3 Å². The molecule has 2 aromatic carbocycles. The van der Waals surface area contributed by atoms with Gasteiger partial charge in [-0.25, -0.2) is 22.0 Å². The molecule has 1 amide bonds. The molecule has 5 nitrogen and oxygen atoms in total. The Hall–Kier alpha value is -3.44. The maximum absolute atomic E-state index is 13.9. The minimum atomic E-state index is -2.24. The summed E-state index contributed by atoms with van der Waals surface area (Å²) in [4.78, 5) is 12.9. The lowest BCUT2D eigenvalue weighted by Gasteiger charge is -2.08. The summed E-state index contributed by atoms with van der Waals surface area (Å²) in [6.45, 7) is -0.502. The van der Waals surface area contributed by atoms with Gasteiger partial charge in [0.1, 0.15) is 12.4 Å². The molecule has 0 spiro atoms. The van der Waals surface area contributed by atoms with Crippen LogP contribution in [0.1, 0.15) is 20.8 Å². The standard InChI is InChI=1S/C22H13ClF5N3O2S/c23-12-1-3-14(4-2-12)33-9-11-5-16(34-10-11)22(32)30-13-6-29-31(7-13)8-15-17(24)19(26)21(28)20(27)18(15)25/h1-7,10H,8-9H2,(H,30,32). The van der Waals surface area contributed by atoms with Crippen molar-refractivity contribution in [3.63, 3.8) is 0 Å². The largest absolute Gasteiger partial charge is 0.489 e. The van der Waals surface area contributed by atoms with E-state index in [9.17, 15) is 26.7 Å². The number of carbonyl (C=O) groups is 1. The molecule has 2 heterocycles. The van der Waals surface area contributed by atoms with E-state index in [4.69, 9.17) is 16.3 Å². The highest BCUT2D eigenvalue weighted by molar-refractivity contribution is 7.12. The minimum Gasteiger partial charge on any atom is -0.489 e. The maximum Gasteiger partial charge on any atom is 0.265 e. The second-order valence-corrected chi connectivity index (χ2v) is 8.34. The Morgan fingerprint density at radius 2 is 1.68 bits per heavy atom. The van der Waals surface area contributed by atoms with Crippen molar-refractivity contribution >= 4 is 34.5 Å². The van der Waals surface area contributed by atoms with E-state index in [1.165, 1.54) is 23.7 Å². The predicted molar refractivity (Wildman–Crippen MR) is 116 cm³/mol. The van der Waals surface area contributed by atoms with Crippen molar-refractivity contribution in [2.24, 2.45) is 0 Å². The third-order valence-electron chi connectivity index (χ3n) is 4.61. The summed E-state index contributed by atoms with van der Waals surface area (Å²) in [7, 11) is 0. The average Bonchev–Trinajstić information content (AvgIpc) is 3.48. The zero-order valence-corrected chi connectivity index (χ0v) is 18.5. The number of thiophene rings is 1. The number of nitrogens with zero attached hydrogens (tertiary/aromatic N) is 2. The third-order valence-corrected chi connectivity index (χ3v) is 5.84. The van der Waals surface area contributed by atoms with Gasteiger partial charge in [0, 0.05) is 16.8 Å². The van der Waals surface area contributed by atoms with Crippen molar-refractivity contribution in [1.82, 2.24) is 9.78 Å². The summed E-state index contributed by atoms with van der Waals surface area (Å²) in [6.07, 6.45) is 2.39. The van der Waals surface area contributed by atoms with Gasteiger partial charge in [0.2, 0.25) is 5.82 Å². The van der Waals surface area contributed by atoms with E-state index in [0.717, 1.165) is 10.2 Å². The van der Waals surface area contributed by atoms with Gasteiger partial charge in [-0.1, -0.05) is 11.6 Å². The fourth-order valence-electron chi connectivity index (χ4n) is 2.93. The van der Waals surface area contributed by atoms with E-state index in [-0.39, 0.29) is 12.3 Å². The van der Waals surface area contributed by atoms with Gasteiger partial charge < -0.3 is 10.1 Å². The number of anilines is 1. The molecule has 0 saturated heterocycles. The molecule has 0 radical (unpaired) electrons. The van der Waals surface area contributed by atoms with Crippen molar-refractivity contribution < 1.29 is 31.5 Å². The van der Waals surface area contributed by atoms with Crippen molar-refractivity contribution in [3.05, 3.63) is 98.2 Å². The monoisotopic (exact) mass is 513 g/mol. The Bertz CT molecular complexity index is 1330. The molecular formula is C22H13ClF5N3O2S. The second-order valence-electron chi connectivity index (χ2n) is 6.99. The van der Waals surface area contributed by atoms with E-state index in [2.05, 4.69) is 10.4 Å². The van der Waals surface area contributed by atoms with Crippen molar-refractivity contribution in [1.29, 1.82) is 0 Å². The quantitative estimate of drug-likeness (QED) is 0.183. The molecule has 0 saturated carbocycles. The number of amides is 1. The molecule has 0 bridgehead atoms. The summed E-state index contributed by atoms with van der Waals surface area (Å²) < 4.78 is 74.3. The number of hydrogen-bond acceptors (Lipinski definition) is 4. The normalized spacial score (nSPS) is 11.0. The van der Waals surface area contributed by atoms with Crippen LogP contribution in [0.5, 0.6) is 5.75 Å². The van der Waals surface area contributed by atoms with Crippen LogP contribution in [0, 0.1) is 29.1 Å². The first kappa shape index (κ1) is 23.7. The van der Waals surface area contributed by atoms with Gasteiger partial charge in [0.15, 0.2) is 23.3 Å². The first-order chi connectivity index (χ1) is 16.2. The highest BCUT2D eigenvalue weighted by Gasteiger charge is 2.26. The third kappa shape index (κ3) is 5.05. The first-order valence-corrected chi connectivity index (χ1v) is 10.8. The van der Waals surface area contributed by atoms with Gasteiger partial charge in [0.25, 0.3) is 5.91 Å². The van der Waals surface area contributed by atoms with Crippen LogP contribution in [-0.2, 0) is 13.2 Å². The predicted octanol–water partition coefficient (Wildman–Crippen LogP) is 6.17. The van der Waals surface area contributed by atoms with Crippen LogP contribution in [0.3, 0.4) is 0 Å². The zero-order valence-electron chi connectivity index (χ0n) is 16.9. The van der Waals surface area contributed by atoms with Gasteiger partial charge in [-0.3, -0.25) is 9.48 Å². The Morgan fingerprint density at radius 3 is 2.35 bits per heavy atom. The van der Waals surface area contributed by atoms with Crippen molar-refractivity contribution in [3.8, 4) is 5.75 Å². The minimum absolute atomic E-state index is 0.168. The molecule has 0 aliphatic heterocycles. The Balaban J connectivity index is 1.39. The SMILES string of the molecule is O=C(Nc1cnn(Cc2c(F)c(F)c(F)c(F)c2F)c1)c1cc(COc2ccc(Cl)cc2)cs1. The number of nitrogens with one attached hydrogen (secondary N) is 1. The number of carbonyl (C=O) groups excluding carboxylic acids is 1. The van der Waals surface area contributed by atoms with E-state index in [1.54, 1.807) is 35.7 Å². The van der Waals surface area contributed by atoms with E-state index < -0.39 is 47.1 Å². The highest BCUT2D eigenvalue weighted by atomic mass is 35.5. The fourth-order valence-corrected chi connectivity index (χ4v) is 3.84. The van der Waals surface area contributed by atoms with Crippen LogP contribution in [-0.4, -0.2) is 15.7 Å². The van der Waals surface area contributed by atoms with Crippen LogP contribution < -0.4 is 10.1 Å². The van der Waals surface area contributed by atoms with E-state index >= 15 is 0 Å². The lowest BCUT2D eigenvalue weighted by molar-refractivity contribution is 0.103. The highest BCUT2D eigenvalue weighted by Crippen LogP contribution is 2.24. The second kappa shape index (κ2) is 9.82. The van der Waals surface area contributed by atoms with E-state index in [1.807, 2.05) is 0 Å². The molecule has 4 rings (SSSR count). The molecule has 1 N–H and O–H groups in total. The van der Waals surface area contributed by atoms with Crippen LogP contribution in [0.25, 0.3) is 0 Å². The molecule has 34 heavy (non-hydrogen) atoms. The lowest BCUT2D eigenvalue weighted by Crippen LogP contribution is -2.12. The van der Waals surface area contributed by atoms with Crippen LogP contribution in [0.2, 0.25) is 5.02 Å². The number of aromatic nitrogens is 2. The van der Waals surface area contributed by atoms with Gasteiger partial charge >= 0.3 is 0 Å². The molecule has 0 aliphatic carbocycles. The van der Waals surface area contributed by atoms with Crippen LogP contribution in [0.4, 0.5) is 27.6 Å². The van der Waals surface area contributed by atoms with Crippen LogP contribution in [0.15, 0.2) is 48.1 Å². The number of ether oxygens (including phenoxy) is 1. The number of benzene rings is 2. The Kier molecular flexibility index (Phi) is 6.85. The first-order valence-electron chi connectivity index (χ1n) is 9.53. The number of rotatable bonds is 7. The summed E-state index contributed by atoms with van der Waals surface area (Å²) in [5, 5.41) is 8.68. The molecular weight excluding hydrogens is 501 g/mol. The van der Waals surface area contributed by atoms with Crippen molar-refractivity contribution in [2.75, 3.05) is 5.32 Å². The lowest BCUT2D eigenvalue weighted by atomic mass is 10.1. The molecule has 0 atom stereocenters. The molecule has 176 valence electrons. The van der Waals surface area contributed by atoms with E-state index in [0.29, 0.717) is 15.6 Å². The smallest absolute Gasteiger partial charge is 0.265 e. The summed E-state index contributed by atoms with van der Waals surface area (Å²) in [5.74, 6) is -10.1. The number of halogens is 6. The molecule has 0 fully saturated rings. The molecule has 2 aromatic heterocycles. The summed E-state index contributed by atoms with van der Waals surface area (Å²) >= 11 is 7.00. The maximum atomic E-state index is 13.9. The molecule has 4 aromatic rings. The molecule has 0 aliphatic rings. The van der Waals surface area contributed by atoms with Gasteiger partial charge in [-0.2, -0.15) is 5.10 Å². The fraction of sp³-hybridized carbons (Fsp3) is 0.0909. The zero-order chi connectivity index (χ0) is 24.4. The van der Waals surface area contributed by atoms with Gasteiger partial charge in [-0.05, 0) is 35.7 Å². The van der Waals surface area contributed by atoms with Crippen molar-refractivity contribution in [2.45, 2.75) is 13.2 Å². The van der Waals surface area contributed by atoms with Crippen LogP contribution >= 0.6 is 22.9 Å². The average molecular weight is 514 g/mol. The summed E-state index contributed by atoms with van der Waals surface area (Å²) in [6, 6.07) is 8.44. The molecule has 12 heteroatoms. The Morgan fingerprint density at radius 1 is 1.03 bits per heavy atom. The molecule has 0 unspecified atom stereocenters. The topological polar surface area (TPSA) is 56.2 Å². The Labute approximate surface area is 198 Å². The van der Waals surface area contributed by atoms with Gasteiger partial charge in [0.05, 0.1) is 28.9 Å².